The fourth-order valence-corrected chi connectivity index (χ4v) is 3.19. The molecule has 0 fully saturated rings. The van der Waals surface area contributed by atoms with E-state index in [1.807, 2.05) is 35.0 Å². The zero-order chi connectivity index (χ0) is 18.5. The Labute approximate surface area is 155 Å². The standard InChI is InChI=1S/C19H18FN3O2S/c1-13(18(24)22-15-5-3-14(20)4-6-15)26-19-21-11-12-23(19)16-7-9-17(25-2)10-8-16/h3-13H,1-2H3,(H,22,24)/t13-/m1/s1. The summed E-state index contributed by atoms with van der Waals surface area (Å²) >= 11 is 1.35. The molecular weight excluding hydrogens is 353 g/mol. The van der Waals surface area contributed by atoms with Crippen LogP contribution >= 0.6 is 11.8 Å². The van der Waals surface area contributed by atoms with Crippen LogP contribution in [0.3, 0.4) is 0 Å². The number of nitrogens with one attached hydrogen (secondary N) is 1. The van der Waals surface area contributed by atoms with Gasteiger partial charge < -0.3 is 10.1 Å². The number of ether oxygens (including phenoxy) is 1. The van der Waals surface area contributed by atoms with Gasteiger partial charge in [-0.05, 0) is 55.5 Å². The summed E-state index contributed by atoms with van der Waals surface area (Å²) in [6.45, 7) is 1.80. The highest BCUT2D eigenvalue weighted by Gasteiger charge is 2.18. The van der Waals surface area contributed by atoms with Crippen LogP contribution in [0.25, 0.3) is 5.69 Å². The average molecular weight is 371 g/mol. The zero-order valence-electron chi connectivity index (χ0n) is 14.3. The van der Waals surface area contributed by atoms with E-state index in [9.17, 15) is 9.18 Å². The smallest absolute Gasteiger partial charge is 0.237 e. The predicted molar refractivity (Wildman–Crippen MR) is 100 cm³/mol. The zero-order valence-corrected chi connectivity index (χ0v) is 15.2. The number of halogens is 1. The first kappa shape index (κ1) is 18.0. The van der Waals surface area contributed by atoms with Gasteiger partial charge in [-0.15, -0.1) is 0 Å². The normalized spacial score (nSPS) is 11.8. The summed E-state index contributed by atoms with van der Waals surface area (Å²) in [6, 6.07) is 13.3. The summed E-state index contributed by atoms with van der Waals surface area (Å²) in [4.78, 5) is 16.7. The van der Waals surface area contributed by atoms with Crippen molar-refractivity contribution >= 4 is 23.4 Å². The molecule has 0 bridgehead atoms. The van der Waals surface area contributed by atoms with Crippen molar-refractivity contribution in [3.63, 3.8) is 0 Å². The van der Waals surface area contributed by atoms with E-state index in [0.717, 1.165) is 11.4 Å². The number of amides is 1. The maximum atomic E-state index is 13.0. The predicted octanol–water partition coefficient (Wildman–Crippen LogP) is 4.14. The van der Waals surface area contributed by atoms with Crippen molar-refractivity contribution < 1.29 is 13.9 Å². The van der Waals surface area contributed by atoms with Gasteiger partial charge >= 0.3 is 0 Å². The summed E-state index contributed by atoms with van der Waals surface area (Å²) in [5.74, 6) is 0.257. The van der Waals surface area contributed by atoms with E-state index in [1.54, 1.807) is 20.2 Å². The number of hydrogen-bond acceptors (Lipinski definition) is 4. The number of hydrogen-bond donors (Lipinski definition) is 1. The molecule has 0 aliphatic heterocycles. The van der Waals surface area contributed by atoms with Gasteiger partial charge in [0, 0.05) is 23.8 Å². The highest BCUT2D eigenvalue weighted by molar-refractivity contribution is 8.00. The third-order valence-electron chi connectivity index (χ3n) is 3.72. The van der Waals surface area contributed by atoms with Gasteiger partial charge in [-0.2, -0.15) is 0 Å². The van der Waals surface area contributed by atoms with Gasteiger partial charge in [0.15, 0.2) is 5.16 Å². The number of carbonyl (C=O) groups excluding carboxylic acids is 1. The number of benzene rings is 2. The molecule has 0 aliphatic carbocycles. The topological polar surface area (TPSA) is 56.2 Å². The number of carbonyl (C=O) groups is 1. The van der Waals surface area contributed by atoms with Crippen LogP contribution < -0.4 is 10.1 Å². The number of methoxy groups -OCH3 is 1. The highest BCUT2D eigenvalue weighted by Crippen LogP contribution is 2.26. The summed E-state index contributed by atoms with van der Waals surface area (Å²) in [5, 5.41) is 3.11. The van der Waals surface area contributed by atoms with Crippen molar-refractivity contribution in [3.8, 4) is 11.4 Å². The Morgan fingerprint density at radius 2 is 1.88 bits per heavy atom. The van der Waals surface area contributed by atoms with E-state index in [-0.39, 0.29) is 17.0 Å². The molecule has 0 radical (unpaired) electrons. The number of anilines is 1. The van der Waals surface area contributed by atoms with Crippen LogP contribution in [-0.4, -0.2) is 27.8 Å². The average Bonchev–Trinajstić information content (AvgIpc) is 3.11. The molecule has 1 aromatic heterocycles. The van der Waals surface area contributed by atoms with Crippen LogP contribution in [0.5, 0.6) is 5.75 Å². The minimum atomic E-state index is -0.376. The van der Waals surface area contributed by atoms with Gasteiger partial charge in [-0.25, -0.2) is 9.37 Å². The molecule has 0 saturated carbocycles. The Hall–Kier alpha value is -2.80. The number of aromatic nitrogens is 2. The van der Waals surface area contributed by atoms with Crippen molar-refractivity contribution in [2.75, 3.05) is 12.4 Å². The molecule has 0 saturated heterocycles. The molecule has 1 heterocycles. The van der Waals surface area contributed by atoms with Crippen molar-refractivity contribution in [2.45, 2.75) is 17.3 Å². The largest absolute Gasteiger partial charge is 0.497 e. The summed E-state index contributed by atoms with van der Waals surface area (Å²) in [5.41, 5.74) is 1.49. The van der Waals surface area contributed by atoms with E-state index in [1.165, 1.54) is 36.0 Å². The van der Waals surface area contributed by atoms with Crippen molar-refractivity contribution in [3.05, 3.63) is 66.7 Å². The Morgan fingerprint density at radius 3 is 2.54 bits per heavy atom. The third kappa shape index (κ3) is 4.23. The van der Waals surface area contributed by atoms with E-state index in [0.29, 0.717) is 10.8 Å². The van der Waals surface area contributed by atoms with Crippen LogP contribution in [0.4, 0.5) is 10.1 Å². The quantitative estimate of drug-likeness (QED) is 0.662. The van der Waals surface area contributed by atoms with Crippen LogP contribution in [0.15, 0.2) is 66.1 Å². The molecule has 1 N–H and O–H groups in total. The molecule has 3 rings (SSSR count). The molecule has 1 amide bonds. The lowest BCUT2D eigenvalue weighted by atomic mass is 10.3. The molecule has 5 nitrogen and oxygen atoms in total. The molecule has 0 spiro atoms. The maximum absolute atomic E-state index is 13.0. The minimum absolute atomic E-state index is 0.175. The lowest BCUT2D eigenvalue weighted by Gasteiger charge is -2.13. The SMILES string of the molecule is COc1ccc(-n2ccnc2S[C@H](C)C(=O)Nc2ccc(F)cc2)cc1. The second-order valence-corrected chi connectivity index (χ2v) is 6.84. The summed E-state index contributed by atoms with van der Waals surface area (Å²) in [6.07, 6.45) is 3.53. The Bertz CT molecular complexity index is 879. The molecule has 1 atom stereocenters. The molecule has 7 heteroatoms. The van der Waals surface area contributed by atoms with Crippen LogP contribution in [0.2, 0.25) is 0 Å². The molecule has 134 valence electrons. The molecule has 2 aromatic carbocycles. The van der Waals surface area contributed by atoms with Crippen LogP contribution in [-0.2, 0) is 4.79 Å². The van der Waals surface area contributed by atoms with E-state index >= 15 is 0 Å². The van der Waals surface area contributed by atoms with E-state index in [2.05, 4.69) is 10.3 Å². The second-order valence-electron chi connectivity index (χ2n) is 5.53. The summed E-state index contributed by atoms with van der Waals surface area (Å²) in [7, 11) is 1.62. The Balaban J connectivity index is 1.69. The lowest BCUT2D eigenvalue weighted by Crippen LogP contribution is -2.22. The van der Waals surface area contributed by atoms with Gasteiger partial charge in [-0.3, -0.25) is 9.36 Å². The minimum Gasteiger partial charge on any atom is -0.497 e. The number of imidazole rings is 1. The number of thioether (sulfide) groups is 1. The molecule has 0 unspecified atom stereocenters. The highest BCUT2D eigenvalue weighted by atomic mass is 32.2. The van der Waals surface area contributed by atoms with E-state index in [4.69, 9.17) is 4.74 Å². The van der Waals surface area contributed by atoms with Crippen molar-refractivity contribution in [2.24, 2.45) is 0 Å². The van der Waals surface area contributed by atoms with Gasteiger partial charge in [0.2, 0.25) is 5.91 Å². The fourth-order valence-electron chi connectivity index (χ4n) is 2.31. The van der Waals surface area contributed by atoms with Gasteiger partial charge in [0.25, 0.3) is 0 Å². The summed E-state index contributed by atoms with van der Waals surface area (Å²) < 4.78 is 20.0. The second kappa shape index (κ2) is 8.05. The van der Waals surface area contributed by atoms with Crippen molar-refractivity contribution in [1.29, 1.82) is 0 Å². The van der Waals surface area contributed by atoms with Gasteiger partial charge in [0.1, 0.15) is 11.6 Å². The number of rotatable bonds is 6. The van der Waals surface area contributed by atoms with Crippen LogP contribution in [0, 0.1) is 5.82 Å². The lowest BCUT2D eigenvalue weighted by molar-refractivity contribution is -0.115. The third-order valence-corrected chi connectivity index (χ3v) is 4.80. The Morgan fingerprint density at radius 1 is 1.19 bits per heavy atom. The fraction of sp³-hybridized carbons (Fsp3) is 0.158. The first-order chi connectivity index (χ1) is 12.6. The van der Waals surface area contributed by atoms with Crippen molar-refractivity contribution in [1.82, 2.24) is 9.55 Å². The van der Waals surface area contributed by atoms with Gasteiger partial charge in [-0.1, -0.05) is 11.8 Å². The first-order valence-electron chi connectivity index (χ1n) is 7.97. The molecular formula is C19H18FN3O2S. The van der Waals surface area contributed by atoms with Gasteiger partial charge in [0.05, 0.1) is 12.4 Å². The maximum Gasteiger partial charge on any atom is 0.237 e. The van der Waals surface area contributed by atoms with Crippen LogP contribution in [0.1, 0.15) is 6.92 Å². The number of nitrogens with zero attached hydrogens (tertiary/aromatic N) is 2. The molecule has 26 heavy (non-hydrogen) atoms. The first-order valence-corrected chi connectivity index (χ1v) is 8.85. The Kier molecular flexibility index (Phi) is 5.58. The molecule has 3 aromatic rings. The van der Waals surface area contributed by atoms with E-state index < -0.39 is 0 Å². The molecule has 0 aliphatic rings. The monoisotopic (exact) mass is 371 g/mol.